The number of hydrogen-bond donors (Lipinski definition) is 0. The molecule has 0 N–H and O–H groups in total. The minimum atomic E-state index is -0.433. The Morgan fingerprint density at radius 2 is 0.623 bits per heavy atom. The van der Waals surface area contributed by atoms with Gasteiger partial charge in [0.1, 0.15) is 0 Å². The maximum absolute atomic E-state index is 2.61. The summed E-state index contributed by atoms with van der Waals surface area (Å²) < 4.78 is 0. The van der Waals surface area contributed by atoms with Gasteiger partial charge in [-0.25, -0.2) is 0 Å². The van der Waals surface area contributed by atoms with Crippen molar-refractivity contribution in [1.82, 2.24) is 0 Å². The van der Waals surface area contributed by atoms with E-state index in [9.17, 15) is 0 Å². The van der Waals surface area contributed by atoms with Gasteiger partial charge in [0, 0.05) is 0 Å². The lowest BCUT2D eigenvalue weighted by Gasteiger charge is -2.30. The molecular weight excluding hydrogens is 925 g/mol. The van der Waals surface area contributed by atoms with Crippen LogP contribution in [-0.2, 0) is 5.41 Å². The van der Waals surface area contributed by atoms with Crippen LogP contribution in [0.1, 0.15) is 22.3 Å². The maximum atomic E-state index is 2.61. The van der Waals surface area contributed by atoms with Crippen molar-refractivity contribution in [2.75, 3.05) is 0 Å². The van der Waals surface area contributed by atoms with E-state index in [-0.39, 0.29) is 0 Å². The third kappa shape index (κ3) is 5.22. The van der Waals surface area contributed by atoms with E-state index in [2.05, 4.69) is 267 Å². The molecule has 352 valence electrons. The summed E-state index contributed by atoms with van der Waals surface area (Å²) in [4.78, 5) is 0. The van der Waals surface area contributed by atoms with Crippen molar-refractivity contribution in [3.63, 3.8) is 0 Å². The van der Waals surface area contributed by atoms with Crippen LogP contribution in [0.3, 0.4) is 0 Å². The average Bonchev–Trinajstić information content (AvgIpc) is 4.27. The Morgan fingerprint density at radius 3 is 1.23 bits per heavy atom. The van der Waals surface area contributed by atoms with Crippen LogP contribution >= 0.6 is 0 Å². The van der Waals surface area contributed by atoms with Gasteiger partial charge in [0.25, 0.3) is 0 Å². The second-order valence-corrected chi connectivity index (χ2v) is 21.6. The Balaban J connectivity index is 0.889. The lowest BCUT2D eigenvalue weighted by molar-refractivity contribution is 0.795. The third-order valence-corrected chi connectivity index (χ3v) is 18.1. The highest BCUT2D eigenvalue weighted by Crippen LogP contribution is 2.67. The molecule has 0 nitrogen and oxygen atoms in total. The Morgan fingerprint density at radius 1 is 0.182 bits per heavy atom. The first-order valence-electron chi connectivity index (χ1n) is 27.1. The molecule has 77 heavy (non-hydrogen) atoms. The van der Waals surface area contributed by atoms with E-state index in [1.165, 1.54) is 177 Å². The molecule has 0 saturated heterocycles. The summed E-state index contributed by atoms with van der Waals surface area (Å²) in [6.07, 6.45) is 0. The minimum Gasteiger partial charge on any atom is -0.0622 e. The van der Waals surface area contributed by atoms with Crippen molar-refractivity contribution in [1.29, 1.82) is 0 Å². The third-order valence-electron chi connectivity index (χ3n) is 18.1. The predicted octanol–water partition coefficient (Wildman–Crippen LogP) is 20.6. The first kappa shape index (κ1) is 41.5. The summed E-state index contributed by atoms with van der Waals surface area (Å²) in [7, 11) is 0. The topological polar surface area (TPSA) is 0 Å². The van der Waals surface area contributed by atoms with Gasteiger partial charge >= 0.3 is 0 Å². The summed E-state index contributed by atoms with van der Waals surface area (Å²) in [5, 5.41) is 10.3. The van der Waals surface area contributed by atoms with Crippen LogP contribution in [0.4, 0.5) is 0 Å². The lowest BCUT2D eigenvalue weighted by Crippen LogP contribution is -2.25. The number of rotatable bonds is 4. The van der Waals surface area contributed by atoms with E-state index in [0.29, 0.717) is 0 Å². The largest absolute Gasteiger partial charge is 0.0725 e. The Hall–Kier alpha value is -9.88. The molecule has 0 amide bonds. The smallest absolute Gasteiger partial charge is 0.0622 e. The first-order valence-corrected chi connectivity index (χ1v) is 27.1. The summed E-state index contributed by atoms with van der Waals surface area (Å²) in [6, 6.07) is 101. The van der Waals surface area contributed by atoms with Crippen LogP contribution in [0, 0.1) is 0 Å². The molecule has 0 atom stereocenters. The Labute approximate surface area is 446 Å². The van der Waals surface area contributed by atoms with Gasteiger partial charge in [-0.05, 0) is 195 Å². The fourth-order valence-corrected chi connectivity index (χ4v) is 15.3. The molecule has 0 fully saturated rings. The monoisotopic (exact) mass is 968 g/mol. The van der Waals surface area contributed by atoms with Crippen LogP contribution in [0.5, 0.6) is 0 Å². The molecule has 0 aromatic heterocycles. The highest BCUT2D eigenvalue weighted by atomic mass is 14.5. The zero-order chi connectivity index (χ0) is 50.1. The molecule has 0 bridgehead atoms. The molecule has 0 radical (unpaired) electrons. The molecule has 0 aliphatic heterocycles. The summed E-state index contributed by atoms with van der Waals surface area (Å²) in [5.41, 5.74) is 31.0. The van der Waals surface area contributed by atoms with Crippen LogP contribution in [0.2, 0.25) is 0 Å². The van der Waals surface area contributed by atoms with E-state index in [1.54, 1.807) is 0 Å². The summed E-state index contributed by atoms with van der Waals surface area (Å²) >= 11 is 0. The Kier molecular flexibility index (Phi) is 8.15. The van der Waals surface area contributed by atoms with E-state index in [1.807, 2.05) is 0 Å². The fraction of sp³-hybridized carbons (Fsp3) is 0.0130. The quantitative estimate of drug-likeness (QED) is 0.165. The SMILES string of the molecule is c1ccc(-c2c3c(cc4ccc(-c5ccc6c7c(cccc57)-c5c-6c(-c6ccccc6)c6ccccc6c5-c5ccccc5)cc24)-c2cc4c(c5cccc-3c25)-c2ccccc2C42c3ccccc3-c3ccccc32)cc1. The fourth-order valence-electron chi connectivity index (χ4n) is 15.3. The molecule has 14 aromatic rings. The van der Waals surface area contributed by atoms with Crippen molar-refractivity contribution in [2.45, 2.75) is 5.41 Å². The molecule has 1 spiro atoms. The highest BCUT2D eigenvalue weighted by Gasteiger charge is 2.52. The van der Waals surface area contributed by atoms with Crippen molar-refractivity contribution >= 4 is 43.1 Å². The standard InChI is InChI=1S/C77H44/c1-4-20-45(21-5-1)68-54-28-10-11-29-55(54)69(46-22-6-2-7-23-46)76-60-41-40-50(53-31-18-34-59(71(53)60)75(68)76)48-38-39-49-43-62-63-44-67-73(57-32-19-33-58(72(57)63)74(62)70(61(49)42-48)47-24-8-3-9-25-47)56-30-14-17-37-66(56)77(67)64-35-15-12-26-51(64)52-27-13-16-36-65(52)77/h1-44H. The molecule has 0 saturated carbocycles. The van der Waals surface area contributed by atoms with Crippen LogP contribution in [-0.4, -0.2) is 0 Å². The number of benzene rings is 14. The van der Waals surface area contributed by atoms with Gasteiger partial charge in [0.2, 0.25) is 0 Å². The van der Waals surface area contributed by atoms with Gasteiger partial charge in [0.15, 0.2) is 0 Å². The van der Waals surface area contributed by atoms with Crippen molar-refractivity contribution in [3.8, 4) is 111 Å². The van der Waals surface area contributed by atoms with Crippen molar-refractivity contribution in [3.05, 3.63) is 289 Å². The van der Waals surface area contributed by atoms with Crippen molar-refractivity contribution in [2.24, 2.45) is 0 Å². The normalized spacial score (nSPS) is 13.3. The molecule has 4 aliphatic rings. The van der Waals surface area contributed by atoms with Crippen molar-refractivity contribution < 1.29 is 0 Å². The Bertz CT molecular complexity index is 4800. The zero-order valence-corrected chi connectivity index (χ0v) is 41.9. The van der Waals surface area contributed by atoms with Gasteiger partial charge < -0.3 is 0 Å². The molecule has 14 aromatic carbocycles. The average molecular weight is 969 g/mol. The number of fused-ring (bicyclic) bond motifs is 19. The van der Waals surface area contributed by atoms with E-state index in [4.69, 9.17) is 0 Å². The maximum Gasteiger partial charge on any atom is 0.0725 e. The van der Waals surface area contributed by atoms with Gasteiger partial charge in [-0.15, -0.1) is 0 Å². The molecule has 0 unspecified atom stereocenters. The van der Waals surface area contributed by atoms with Gasteiger partial charge in [-0.3, -0.25) is 0 Å². The second-order valence-electron chi connectivity index (χ2n) is 21.6. The molecule has 0 heterocycles. The van der Waals surface area contributed by atoms with Crippen LogP contribution < -0.4 is 0 Å². The minimum absolute atomic E-state index is 0.433. The lowest BCUT2D eigenvalue weighted by atomic mass is 9.70. The highest BCUT2D eigenvalue weighted by molar-refractivity contribution is 6.30. The van der Waals surface area contributed by atoms with Gasteiger partial charge in [-0.1, -0.05) is 249 Å². The van der Waals surface area contributed by atoms with Gasteiger partial charge in [0.05, 0.1) is 5.41 Å². The first-order chi connectivity index (χ1) is 38.3. The zero-order valence-electron chi connectivity index (χ0n) is 41.9. The van der Waals surface area contributed by atoms with Crippen LogP contribution in [0.25, 0.3) is 154 Å². The van der Waals surface area contributed by atoms with E-state index < -0.39 is 5.41 Å². The van der Waals surface area contributed by atoms with Gasteiger partial charge in [-0.2, -0.15) is 0 Å². The molecular formula is C77H44. The molecule has 18 rings (SSSR count). The predicted molar refractivity (Wildman–Crippen MR) is 323 cm³/mol. The van der Waals surface area contributed by atoms with Crippen LogP contribution in [0.15, 0.2) is 267 Å². The second kappa shape index (κ2) is 15.1. The summed E-state index contributed by atoms with van der Waals surface area (Å²) in [5.74, 6) is 0. The van der Waals surface area contributed by atoms with E-state index >= 15 is 0 Å². The number of hydrogen-bond acceptors (Lipinski definition) is 0. The molecule has 0 heteroatoms. The van der Waals surface area contributed by atoms with E-state index in [0.717, 1.165) is 0 Å². The summed E-state index contributed by atoms with van der Waals surface area (Å²) in [6.45, 7) is 0. The molecule has 4 aliphatic carbocycles.